The topological polar surface area (TPSA) is 40.5 Å². The maximum absolute atomic E-state index is 13.2. The lowest BCUT2D eigenvalue weighted by Gasteiger charge is -2.24. The first kappa shape index (κ1) is 17.6. The molecule has 0 saturated heterocycles. The Morgan fingerprint density at radius 3 is 1.78 bits per heavy atom. The van der Waals surface area contributed by atoms with Crippen LogP contribution in [0.5, 0.6) is 0 Å². The average molecular weight is 330 g/mol. The summed E-state index contributed by atoms with van der Waals surface area (Å²) in [6, 6.07) is 12.9. The zero-order valence-electron chi connectivity index (χ0n) is 13.3. The third-order valence-corrected chi connectivity index (χ3v) is 4.06. The summed E-state index contributed by atoms with van der Waals surface area (Å²) in [4.78, 5) is 1.06. The third kappa shape index (κ3) is 4.35. The largest absolute Gasteiger partial charge is 0.378 e. The fourth-order valence-corrected chi connectivity index (χ4v) is 2.49. The summed E-state index contributed by atoms with van der Waals surface area (Å²) < 4.78 is 13.2. The van der Waals surface area contributed by atoms with Crippen molar-refractivity contribution in [3.63, 3.8) is 0 Å². The van der Waals surface area contributed by atoms with E-state index in [2.05, 4.69) is 11.8 Å². The molecular weight excluding hydrogens is 311 g/mol. The minimum atomic E-state index is -1.62. The summed E-state index contributed by atoms with van der Waals surface area (Å²) in [5.74, 6) is 5.03. The molecule has 23 heavy (non-hydrogen) atoms. The van der Waals surface area contributed by atoms with Crippen LogP contribution >= 0.6 is 11.8 Å². The molecule has 0 fully saturated rings. The second kappa shape index (κ2) is 6.76. The van der Waals surface area contributed by atoms with Crippen LogP contribution in [0.2, 0.25) is 0 Å². The second-order valence-electron chi connectivity index (χ2n) is 5.75. The van der Waals surface area contributed by atoms with E-state index in [4.69, 9.17) is 0 Å². The molecule has 1 unspecified atom stereocenters. The Labute approximate surface area is 140 Å². The Balaban J connectivity index is 2.57. The van der Waals surface area contributed by atoms with Crippen molar-refractivity contribution >= 4 is 11.8 Å². The van der Waals surface area contributed by atoms with Crippen molar-refractivity contribution in [2.45, 2.75) is 29.9 Å². The van der Waals surface area contributed by atoms with E-state index in [1.54, 1.807) is 37.7 Å². The minimum absolute atomic E-state index is 0.385. The Morgan fingerprint density at radius 1 is 0.870 bits per heavy atom. The Kier molecular flexibility index (Phi) is 5.16. The highest BCUT2D eigenvalue weighted by atomic mass is 32.2. The first-order chi connectivity index (χ1) is 10.7. The fraction of sp³-hybridized carbons (Fsp3) is 0.263. The van der Waals surface area contributed by atoms with E-state index in [1.165, 1.54) is 24.3 Å². The van der Waals surface area contributed by atoms with Gasteiger partial charge in [0.05, 0.1) is 0 Å². The van der Waals surface area contributed by atoms with Gasteiger partial charge in [0.1, 0.15) is 11.4 Å². The monoisotopic (exact) mass is 330 g/mol. The highest BCUT2D eigenvalue weighted by molar-refractivity contribution is 7.98. The van der Waals surface area contributed by atoms with Crippen LogP contribution in [-0.2, 0) is 5.60 Å². The van der Waals surface area contributed by atoms with Crippen molar-refractivity contribution in [1.29, 1.82) is 0 Å². The molecular formula is C19H19FO2S. The Morgan fingerprint density at radius 2 is 1.35 bits per heavy atom. The molecule has 120 valence electrons. The lowest BCUT2D eigenvalue weighted by atomic mass is 9.86. The molecule has 2 rings (SSSR count). The number of hydrogen-bond acceptors (Lipinski definition) is 3. The minimum Gasteiger partial charge on any atom is -0.378 e. The third-order valence-electron chi connectivity index (χ3n) is 3.32. The van der Waals surface area contributed by atoms with E-state index in [1.807, 2.05) is 18.4 Å². The number of rotatable bonds is 3. The van der Waals surface area contributed by atoms with Crippen molar-refractivity contribution in [3.05, 3.63) is 65.5 Å². The molecule has 0 bridgehead atoms. The number of thioether (sulfide) groups is 1. The molecule has 0 saturated carbocycles. The van der Waals surface area contributed by atoms with Gasteiger partial charge in [-0.25, -0.2) is 4.39 Å². The van der Waals surface area contributed by atoms with Gasteiger partial charge in [-0.1, -0.05) is 36.1 Å². The van der Waals surface area contributed by atoms with Crippen molar-refractivity contribution in [2.75, 3.05) is 6.26 Å². The second-order valence-corrected chi connectivity index (χ2v) is 6.63. The molecule has 0 radical (unpaired) electrons. The molecule has 2 aromatic rings. The molecule has 2 nitrogen and oxygen atoms in total. The van der Waals surface area contributed by atoms with Crippen LogP contribution in [0, 0.1) is 17.7 Å². The molecule has 0 heterocycles. The van der Waals surface area contributed by atoms with Gasteiger partial charge in [-0.3, -0.25) is 0 Å². The standard InChI is InChI=1S/C19H19FO2S/c1-18(2,21)12-13-19(22,14-4-8-16(20)9-5-14)15-6-10-17(23-3)11-7-15/h4-11,21-22H,1-3H3. The molecule has 2 aromatic carbocycles. The summed E-state index contributed by atoms with van der Waals surface area (Å²) in [5, 5.41) is 21.0. The summed E-state index contributed by atoms with van der Waals surface area (Å²) in [6.07, 6.45) is 1.97. The molecule has 0 amide bonds. The molecule has 0 aliphatic rings. The first-order valence-corrected chi connectivity index (χ1v) is 8.37. The van der Waals surface area contributed by atoms with Crippen LogP contribution in [0.3, 0.4) is 0 Å². The lowest BCUT2D eigenvalue weighted by Crippen LogP contribution is -2.27. The normalized spacial score (nSPS) is 13.8. The van der Waals surface area contributed by atoms with Crippen molar-refractivity contribution in [3.8, 4) is 11.8 Å². The smallest absolute Gasteiger partial charge is 0.176 e. The summed E-state index contributed by atoms with van der Waals surface area (Å²) in [7, 11) is 0. The van der Waals surface area contributed by atoms with Gasteiger partial charge in [-0.2, -0.15) is 0 Å². The van der Waals surface area contributed by atoms with Crippen LogP contribution in [0.25, 0.3) is 0 Å². The van der Waals surface area contributed by atoms with Gasteiger partial charge in [0.2, 0.25) is 0 Å². The van der Waals surface area contributed by atoms with Gasteiger partial charge in [0.15, 0.2) is 5.60 Å². The molecule has 2 N–H and O–H groups in total. The first-order valence-electron chi connectivity index (χ1n) is 7.14. The van der Waals surface area contributed by atoms with Crippen LogP contribution in [-0.4, -0.2) is 22.1 Å². The molecule has 1 atom stereocenters. The van der Waals surface area contributed by atoms with Crippen molar-refractivity contribution in [1.82, 2.24) is 0 Å². The van der Waals surface area contributed by atoms with Crippen molar-refractivity contribution in [2.24, 2.45) is 0 Å². The molecule has 4 heteroatoms. The maximum atomic E-state index is 13.2. The Hall–Kier alpha value is -1.80. The molecule has 0 spiro atoms. The zero-order valence-corrected chi connectivity index (χ0v) is 14.1. The van der Waals surface area contributed by atoms with E-state index in [0.29, 0.717) is 11.1 Å². The van der Waals surface area contributed by atoms with Gasteiger partial charge in [0, 0.05) is 16.0 Å². The van der Waals surface area contributed by atoms with Crippen molar-refractivity contribution < 1.29 is 14.6 Å². The van der Waals surface area contributed by atoms with Gasteiger partial charge in [0.25, 0.3) is 0 Å². The van der Waals surface area contributed by atoms with Crippen LogP contribution < -0.4 is 0 Å². The predicted molar refractivity (Wildman–Crippen MR) is 91.7 cm³/mol. The summed E-state index contributed by atoms with van der Waals surface area (Å²) in [6.45, 7) is 3.09. The van der Waals surface area contributed by atoms with Crippen LogP contribution in [0.1, 0.15) is 25.0 Å². The van der Waals surface area contributed by atoms with E-state index >= 15 is 0 Å². The quantitative estimate of drug-likeness (QED) is 0.668. The van der Waals surface area contributed by atoms with Gasteiger partial charge < -0.3 is 10.2 Å². The number of aliphatic hydroxyl groups is 2. The van der Waals surface area contributed by atoms with Gasteiger partial charge >= 0.3 is 0 Å². The van der Waals surface area contributed by atoms with Gasteiger partial charge in [-0.15, -0.1) is 11.8 Å². The SMILES string of the molecule is CSc1ccc(C(O)(C#CC(C)(C)O)c2ccc(F)cc2)cc1. The van der Waals surface area contributed by atoms with E-state index < -0.39 is 11.2 Å². The summed E-state index contributed by atoms with van der Waals surface area (Å²) in [5.41, 5.74) is -1.84. The van der Waals surface area contributed by atoms with E-state index in [9.17, 15) is 14.6 Å². The number of halogens is 1. The highest BCUT2D eigenvalue weighted by Gasteiger charge is 2.30. The highest BCUT2D eigenvalue weighted by Crippen LogP contribution is 2.31. The maximum Gasteiger partial charge on any atom is 0.176 e. The number of benzene rings is 2. The van der Waals surface area contributed by atoms with Crippen LogP contribution in [0.15, 0.2) is 53.4 Å². The van der Waals surface area contributed by atoms with E-state index in [-0.39, 0.29) is 5.82 Å². The van der Waals surface area contributed by atoms with E-state index in [0.717, 1.165) is 4.90 Å². The van der Waals surface area contributed by atoms with Gasteiger partial charge in [-0.05, 0) is 44.4 Å². The zero-order chi connectivity index (χ0) is 17.1. The molecule has 0 aromatic heterocycles. The fourth-order valence-electron chi connectivity index (χ4n) is 2.08. The predicted octanol–water partition coefficient (Wildman–Crippen LogP) is 3.56. The Bertz CT molecular complexity index is 721. The molecule has 0 aliphatic carbocycles. The van der Waals surface area contributed by atoms with Crippen LogP contribution in [0.4, 0.5) is 4.39 Å². The average Bonchev–Trinajstić information content (AvgIpc) is 2.53. The number of hydrogen-bond donors (Lipinski definition) is 2. The molecule has 0 aliphatic heterocycles. The lowest BCUT2D eigenvalue weighted by molar-refractivity contribution is 0.132. The summed E-state index contributed by atoms with van der Waals surface area (Å²) >= 11 is 1.60.